The van der Waals surface area contributed by atoms with Gasteiger partial charge in [-0.25, -0.2) is 0 Å². The zero-order valence-corrected chi connectivity index (χ0v) is 15.5. The van der Waals surface area contributed by atoms with Gasteiger partial charge in [-0.05, 0) is 49.7 Å². The first-order valence-electron chi connectivity index (χ1n) is 8.30. The summed E-state index contributed by atoms with van der Waals surface area (Å²) < 4.78 is 7.22. The van der Waals surface area contributed by atoms with Gasteiger partial charge in [0.15, 0.2) is 0 Å². The molecule has 4 nitrogen and oxygen atoms in total. The number of fused-ring (bicyclic) bond motifs is 1. The minimum absolute atomic E-state index is 0.0196. The third kappa shape index (κ3) is 3.25. The first-order valence-corrected chi connectivity index (χ1v) is 9.50. The van der Waals surface area contributed by atoms with Crippen LogP contribution in [-0.4, -0.2) is 29.3 Å². The van der Waals surface area contributed by atoms with Gasteiger partial charge >= 0.3 is 0 Å². The van der Waals surface area contributed by atoms with Crippen LogP contribution in [0.1, 0.15) is 16.9 Å². The van der Waals surface area contributed by atoms with E-state index in [4.69, 9.17) is 16.3 Å². The molecule has 0 aliphatic carbocycles. The zero-order chi connectivity index (χ0) is 17.4. The molecule has 25 heavy (non-hydrogen) atoms. The van der Waals surface area contributed by atoms with Crippen LogP contribution in [0.2, 0.25) is 5.02 Å². The Morgan fingerprint density at radius 1 is 1.36 bits per heavy atom. The maximum atomic E-state index is 9.45. The number of benzene rings is 1. The van der Waals surface area contributed by atoms with E-state index in [9.17, 15) is 5.11 Å². The molecule has 6 heteroatoms. The summed E-state index contributed by atoms with van der Waals surface area (Å²) in [5, 5.41) is 13.5. The largest absolute Gasteiger partial charge is 0.491 e. The Bertz CT molecular complexity index is 921. The number of aromatic nitrogens is 1. The first kappa shape index (κ1) is 16.8. The molecular formula is C19H19ClN2O2S. The van der Waals surface area contributed by atoms with Crippen molar-refractivity contribution in [2.45, 2.75) is 26.0 Å². The standard InChI is InChI=1S/C19H19ClN2O2S/c1-11-6-12(20)7-16(18(11)24-10-13-2-4-21-13)15-3-5-22-17-8-14(9-23)25-19(15)17/h3,5-8,13,21,23H,2,4,9-10H2,1H3/t13-/m1/s1. The van der Waals surface area contributed by atoms with Gasteiger partial charge in [-0.1, -0.05) is 11.6 Å². The number of ether oxygens (including phenoxy) is 1. The molecule has 0 unspecified atom stereocenters. The number of nitrogens with one attached hydrogen (secondary N) is 1. The van der Waals surface area contributed by atoms with E-state index in [1.165, 1.54) is 0 Å². The maximum Gasteiger partial charge on any atom is 0.130 e. The second-order valence-corrected chi connectivity index (χ2v) is 7.87. The van der Waals surface area contributed by atoms with Crippen molar-refractivity contribution < 1.29 is 9.84 Å². The molecule has 2 N–H and O–H groups in total. The van der Waals surface area contributed by atoms with Gasteiger partial charge < -0.3 is 15.2 Å². The SMILES string of the molecule is Cc1cc(Cl)cc(-c2ccnc3cc(CO)sc23)c1OC[C@H]1CCN1. The third-order valence-corrected chi connectivity index (χ3v) is 5.86. The molecule has 1 aliphatic heterocycles. The molecule has 4 rings (SSSR count). The van der Waals surface area contributed by atoms with Crippen LogP contribution in [0.3, 0.4) is 0 Å². The summed E-state index contributed by atoms with van der Waals surface area (Å²) in [5.74, 6) is 0.865. The summed E-state index contributed by atoms with van der Waals surface area (Å²) in [6, 6.07) is 8.22. The van der Waals surface area contributed by atoms with E-state index in [0.717, 1.165) is 50.5 Å². The highest BCUT2D eigenvalue weighted by Gasteiger charge is 2.20. The van der Waals surface area contributed by atoms with Gasteiger partial charge in [-0.3, -0.25) is 4.98 Å². The molecule has 1 aromatic carbocycles. The van der Waals surface area contributed by atoms with Crippen molar-refractivity contribution in [3.63, 3.8) is 0 Å². The monoisotopic (exact) mass is 374 g/mol. The zero-order valence-electron chi connectivity index (χ0n) is 13.9. The van der Waals surface area contributed by atoms with E-state index in [2.05, 4.69) is 10.3 Å². The highest BCUT2D eigenvalue weighted by molar-refractivity contribution is 7.19. The van der Waals surface area contributed by atoms with E-state index < -0.39 is 0 Å². The van der Waals surface area contributed by atoms with Gasteiger partial charge in [0.25, 0.3) is 0 Å². The predicted octanol–water partition coefficient (Wildman–Crippen LogP) is 4.16. The van der Waals surface area contributed by atoms with Crippen LogP contribution in [0.15, 0.2) is 30.5 Å². The van der Waals surface area contributed by atoms with Crippen LogP contribution in [0.25, 0.3) is 21.3 Å². The third-order valence-electron chi connectivity index (χ3n) is 4.50. The molecule has 0 saturated carbocycles. The van der Waals surface area contributed by atoms with Crippen LogP contribution >= 0.6 is 22.9 Å². The van der Waals surface area contributed by atoms with Gasteiger partial charge in [0.2, 0.25) is 0 Å². The molecular weight excluding hydrogens is 356 g/mol. The van der Waals surface area contributed by atoms with E-state index in [1.54, 1.807) is 17.5 Å². The fraction of sp³-hybridized carbons (Fsp3) is 0.316. The normalized spacial score (nSPS) is 16.8. The van der Waals surface area contributed by atoms with Crippen molar-refractivity contribution >= 4 is 33.2 Å². The van der Waals surface area contributed by atoms with E-state index in [1.807, 2.05) is 31.2 Å². The van der Waals surface area contributed by atoms with Gasteiger partial charge in [-0.2, -0.15) is 0 Å². The minimum Gasteiger partial charge on any atom is -0.491 e. The first-order chi connectivity index (χ1) is 12.2. The number of thiophene rings is 1. The molecule has 3 aromatic rings. The quantitative estimate of drug-likeness (QED) is 0.704. The number of hydrogen-bond donors (Lipinski definition) is 2. The molecule has 2 aromatic heterocycles. The van der Waals surface area contributed by atoms with Gasteiger partial charge in [0.05, 0.1) is 16.8 Å². The van der Waals surface area contributed by atoms with Crippen molar-refractivity contribution in [3.05, 3.63) is 45.9 Å². The number of aliphatic hydroxyl groups is 1. The van der Waals surface area contributed by atoms with E-state index in [-0.39, 0.29) is 6.61 Å². The van der Waals surface area contributed by atoms with Crippen molar-refractivity contribution in [2.24, 2.45) is 0 Å². The topological polar surface area (TPSA) is 54.4 Å². The second-order valence-electron chi connectivity index (χ2n) is 6.29. The number of aliphatic hydroxyl groups excluding tert-OH is 1. The van der Waals surface area contributed by atoms with Gasteiger partial charge in [-0.15, -0.1) is 11.3 Å². The number of hydrogen-bond acceptors (Lipinski definition) is 5. The maximum absolute atomic E-state index is 9.45. The number of pyridine rings is 1. The average molecular weight is 375 g/mol. The summed E-state index contributed by atoms with van der Waals surface area (Å²) in [5.41, 5.74) is 3.92. The second kappa shape index (κ2) is 6.92. The fourth-order valence-corrected chi connectivity index (χ4v) is 4.35. The van der Waals surface area contributed by atoms with Crippen molar-refractivity contribution in [1.82, 2.24) is 10.3 Å². The summed E-state index contributed by atoms with van der Waals surface area (Å²) in [4.78, 5) is 5.32. The number of rotatable bonds is 5. The van der Waals surface area contributed by atoms with Crippen LogP contribution in [-0.2, 0) is 6.61 Å². The van der Waals surface area contributed by atoms with Crippen LogP contribution in [0.4, 0.5) is 0 Å². The molecule has 1 atom stereocenters. The summed E-state index contributed by atoms with van der Waals surface area (Å²) in [6.45, 7) is 3.75. The lowest BCUT2D eigenvalue weighted by atomic mass is 10.0. The minimum atomic E-state index is 0.0196. The average Bonchev–Trinajstić information content (AvgIpc) is 2.98. The number of aryl methyl sites for hydroxylation is 1. The number of halogens is 1. The summed E-state index contributed by atoms with van der Waals surface area (Å²) >= 11 is 7.89. The molecule has 3 heterocycles. The Labute approximate surface area is 155 Å². The molecule has 1 aliphatic rings. The lowest BCUT2D eigenvalue weighted by molar-refractivity contribution is 0.217. The van der Waals surface area contributed by atoms with Crippen molar-refractivity contribution in [3.8, 4) is 16.9 Å². The molecule has 0 bridgehead atoms. The molecule has 1 saturated heterocycles. The highest BCUT2D eigenvalue weighted by atomic mass is 35.5. The Hall–Kier alpha value is -1.66. The molecule has 130 valence electrons. The Kier molecular flexibility index (Phi) is 4.65. The fourth-order valence-electron chi connectivity index (χ4n) is 3.07. The van der Waals surface area contributed by atoms with Crippen molar-refractivity contribution in [2.75, 3.05) is 13.2 Å². The van der Waals surface area contributed by atoms with Gasteiger partial charge in [0, 0.05) is 33.3 Å². The summed E-state index contributed by atoms with van der Waals surface area (Å²) in [7, 11) is 0. The number of nitrogens with zero attached hydrogens (tertiary/aromatic N) is 1. The Morgan fingerprint density at radius 3 is 2.92 bits per heavy atom. The van der Waals surface area contributed by atoms with Crippen LogP contribution < -0.4 is 10.1 Å². The van der Waals surface area contributed by atoms with Gasteiger partial charge in [0.1, 0.15) is 12.4 Å². The highest BCUT2D eigenvalue weighted by Crippen LogP contribution is 2.41. The van der Waals surface area contributed by atoms with E-state index in [0.29, 0.717) is 17.7 Å². The smallest absolute Gasteiger partial charge is 0.130 e. The lowest BCUT2D eigenvalue weighted by Gasteiger charge is -2.28. The molecule has 0 spiro atoms. The van der Waals surface area contributed by atoms with Crippen LogP contribution in [0.5, 0.6) is 5.75 Å². The predicted molar refractivity (Wildman–Crippen MR) is 103 cm³/mol. The van der Waals surface area contributed by atoms with Crippen molar-refractivity contribution in [1.29, 1.82) is 0 Å². The lowest BCUT2D eigenvalue weighted by Crippen LogP contribution is -2.46. The Balaban J connectivity index is 1.82. The summed E-state index contributed by atoms with van der Waals surface area (Å²) in [6.07, 6.45) is 2.94. The van der Waals surface area contributed by atoms with Crippen LogP contribution in [0, 0.1) is 6.92 Å². The molecule has 0 amide bonds. The van der Waals surface area contributed by atoms with E-state index >= 15 is 0 Å². The molecule has 0 radical (unpaired) electrons. The Morgan fingerprint density at radius 2 is 2.20 bits per heavy atom. The molecule has 1 fully saturated rings.